The van der Waals surface area contributed by atoms with E-state index in [4.69, 9.17) is 12.2 Å². The molecule has 0 atom stereocenters. The number of unbranched alkanes of at least 4 members (excludes halogenated alkanes) is 4. The summed E-state index contributed by atoms with van der Waals surface area (Å²) in [5.74, 6) is 2.60. The molecule has 0 heterocycles. The molecule has 0 unspecified atom stereocenters. The summed E-state index contributed by atoms with van der Waals surface area (Å²) in [5.41, 5.74) is 6.84. The maximum atomic E-state index is 6.84. The molecule has 0 aliphatic rings. The third-order valence-electron chi connectivity index (χ3n) is 1.25. The van der Waals surface area contributed by atoms with Crippen LogP contribution in [0.4, 0.5) is 0 Å². The Hall–Kier alpha value is -0.480. The van der Waals surface area contributed by atoms with Gasteiger partial charge in [0, 0.05) is 13.0 Å². The van der Waals surface area contributed by atoms with Gasteiger partial charge in [0.2, 0.25) is 0 Å². The zero-order valence-electron chi connectivity index (χ0n) is 5.82. The van der Waals surface area contributed by atoms with Crippen molar-refractivity contribution >= 4 is 0 Å². The first-order valence-corrected chi connectivity index (χ1v) is 3.50. The van der Waals surface area contributed by atoms with E-state index in [2.05, 4.69) is 5.92 Å². The average Bonchev–Trinajstić information content (AvgIpc) is 1.89. The summed E-state index contributed by atoms with van der Waals surface area (Å²) in [4.78, 5) is 0. The Bertz CT molecular complexity index is 81.1. The van der Waals surface area contributed by atoms with Crippen molar-refractivity contribution in [3.8, 4) is 12.3 Å². The summed E-state index contributed by atoms with van der Waals surface area (Å²) in [6.45, 7) is 0.566. The van der Waals surface area contributed by atoms with Gasteiger partial charge >= 0.3 is 0 Å². The Labute approximate surface area is 57.6 Å². The predicted molar refractivity (Wildman–Crippen MR) is 39.9 cm³/mol. The second-order valence-electron chi connectivity index (χ2n) is 2.12. The highest BCUT2D eigenvalue weighted by molar-refractivity contribution is 4.82. The molecule has 0 amide bonds. The Morgan fingerprint density at radius 1 is 1.11 bits per heavy atom. The predicted octanol–water partition coefficient (Wildman–Crippen LogP) is 1.85. The fourth-order valence-corrected chi connectivity index (χ4v) is 0.706. The van der Waals surface area contributed by atoms with Crippen molar-refractivity contribution in [1.82, 2.24) is 5.73 Å². The van der Waals surface area contributed by atoms with Crippen molar-refractivity contribution in [2.24, 2.45) is 0 Å². The lowest BCUT2D eigenvalue weighted by Gasteiger charge is -1.93. The van der Waals surface area contributed by atoms with Gasteiger partial charge < -0.3 is 0 Å². The molecule has 0 saturated carbocycles. The van der Waals surface area contributed by atoms with Crippen LogP contribution in [0, 0.1) is 12.3 Å². The molecule has 51 valence electrons. The molecule has 0 aliphatic heterocycles. The van der Waals surface area contributed by atoms with E-state index >= 15 is 0 Å². The minimum absolute atomic E-state index is 0.566. The van der Waals surface area contributed by atoms with Crippen LogP contribution in [-0.2, 0) is 0 Å². The van der Waals surface area contributed by atoms with Crippen LogP contribution in [0.1, 0.15) is 32.1 Å². The van der Waals surface area contributed by atoms with Crippen LogP contribution in [-0.4, -0.2) is 6.54 Å². The van der Waals surface area contributed by atoms with E-state index < -0.39 is 0 Å². The smallest absolute Gasteiger partial charge is 0.00997 e. The molecule has 0 rings (SSSR count). The number of terminal acetylenes is 1. The molecule has 0 aromatic carbocycles. The van der Waals surface area contributed by atoms with Crippen molar-refractivity contribution < 1.29 is 0 Å². The molecule has 0 aromatic heterocycles. The minimum atomic E-state index is 0.566. The van der Waals surface area contributed by atoms with Gasteiger partial charge in [-0.2, -0.15) is 0 Å². The summed E-state index contributed by atoms with van der Waals surface area (Å²) in [5, 5.41) is 0. The lowest BCUT2D eigenvalue weighted by Crippen LogP contribution is -1.84. The Balaban J connectivity index is 2.69. The van der Waals surface area contributed by atoms with E-state index in [1.54, 1.807) is 0 Å². The largest absolute Gasteiger partial charge is 0.258 e. The Kier molecular flexibility index (Phi) is 7.12. The SMILES string of the molecule is C#CCCCCCC[NH]. The van der Waals surface area contributed by atoms with Crippen LogP contribution in [0.15, 0.2) is 0 Å². The van der Waals surface area contributed by atoms with E-state index in [1.807, 2.05) is 0 Å². The van der Waals surface area contributed by atoms with Crippen LogP contribution in [0.3, 0.4) is 0 Å². The van der Waals surface area contributed by atoms with Crippen molar-refractivity contribution in [3.05, 3.63) is 0 Å². The number of rotatable bonds is 5. The van der Waals surface area contributed by atoms with Crippen molar-refractivity contribution in [2.45, 2.75) is 32.1 Å². The quantitative estimate of drug-likeness (QED) is 0.394. The van der Waals surface area contributed by atoms with E-state index in [9.17, 15) is 0 Å². The van der Waals surface area contributed by atoms with Gasteiger partial charge in [-0.1, -0.05) is 12.8 Å². The Morgan fingerprint density at radius 3 is 2.33 bits per heavy atom. The normalized spacial score (nSPS) is 8.89. The highest BCUT2D eigenvalue weighted by Gasteiger charge is 1.85. The first-order valence-electron chi connectivity index (χ1n) is 3.50. The standard InChI is InChI=1S/C8H14N/c1-2-3-4-5-6-7-8-9/h1,9H,3-8H2. The maximum absolute atomic E-state index is 6.84. The van der Waals surface area contributed by atoms with Crippen molar-refractivity contribution in [1.29, 1.82) is 0 Å². The maximum Gasteiger partial charge on any atom is 0.00997 e. The summed E-state index contributed by atoms with van der Waals surface area (Å²) < 4.78 is 0. The van der Waals surface area contributed by atoms with Crippen LogP contribution < -0.4 is 5.73 Å². The van der Waals surface area contributed by atoms with Crippen LogP contribution in [0.5, 0.6) is 0 Å². The van der Waals surface area contributed by atoms with Crippen LogP contribution >= 0.6 is 0 Å². The topological polar surface area (TPSA) is 23.8 Å². The molecule has 0 bridgehead atoms. The van der Waals surface area contributed by atoms with Gasteiger partial charge in [-0.25, -0.2) is 0 Å². The lowest BCUT2D eigenvalue weighted by atomic mass is 10.1. The molecule has 1 N–H and O–H groups in total. The molecule has 0 aliphatic carbocycles. The molecule has 0 saturated heterocycles. The molecule has 9 heavy (non-hydrogen) atoms. The average molecular weight is 124 g/mol. The number of hydrogen-bond donors (Lipinski definition) is 0. The first kappa shape index (κ1) is 8.52. The van der Waals surface area contributed by atoms with Gasteiger partial charge in [0.05, 0.1) is 0 Å². The monoisotopic (exact) mass is 124 g/mol. The van der Waals surface area contributed by atoms with Gasteiger partial charge in [0.15, 0.2) is 0 Å². The molecule has 0 fully saturated rings. The highest BCUT2D eigenvalue weighted by Crippen LogP contribution is 2.00. The van der Waals surface area contributed by atoms with Gasteiger partial charge in [-0.05, 0) is 12.8 Å². The third-order valence-corrected chi connectivity index (χ3v) is 1.25. The molecule has 1 nitrogen and oxygen atoms in total. The highest BCUT2D eigenvalue weighted by atomic mass is 14.5. The summed E-state index contributed by atoms with van der Waals surface area (Å²) in [7, 11) is 0. The molecule has 0 spiro atoms. The fourth-order valence-electron chi connectivity index (χ4n) is 0.706. The summed E-state index contributed by atoms with van der Waals surface area (Å²) >= 11 is 0. The molecule has 1 heteroatoms. The van der Waals surface area contributed by atoms with Gasteiger partial charge in [-0.3, -0.25) is 5.73 Å². The van der Waals surface area contributed by atoms with Crippen molar-refractivity contribution in [2.75, 3.05) is 6.54 Å². The number of nitrogens with one attached hydrogen (secondary N) is 1. The first-order chi connectivity index (χ1) is 4.41. The molecule has 1 radical (unpaired) electrons. The Morgan fingerprint density at radius 2 is 1.78 bits per heavy atom. The third kappa shape index (κ3) is 7.52. The van der Waals surface area contributed by atoms with Crippen LogP contribution in [0.25, 0.3) is 0 Å². The second kappa shape index (κ2) is 7.52. The lowest BCUT2D eigenvalue weighted by molar-refractivity contribution is 0.652. The minimum Gasteiger partial charge on any atom is -0.258 e. The van der Waals surface area contributed by atoms with Gasteiger partial charge in [0.25, 0.3) is 0 Å². The zero-order valence-corrected chi connectivity index (χ0v) is 5.82. The van der Waals surface area contributed by atoms with Gasteiger partial charge in [-0.15, -0.1) is 12.3 Å². The van der Waals surface area contributed by atoms with Gasteiger partial charge in [0.1, 0.15) is 0 Å². The molecular weight excluding hydrogens is 110 g/mol. The second-order valence-corrected chi connectivity index (χ2v) is 2.12. The van der Waals surface area contributed by atoms with Crippen LogP contribution in [0.2, 0.25) is 0 Å². The summed E-state index contributed by atoms with van der Waals surface area (Å²) in [6, 6.07) is 0. The molecular formula is C8H14N. The van der Waals surface area contributed by atoms with E-state index in [0.717, 1.165) is 19.3 Å². The molecule has 0 aromatic rings. The van der Waals surface area contributed by atoms with E-state index in [-0.39, 0.29) is 0 Å². The zero-order chi connectivity index (χ0) is 6.95. The van der Waals surface area contributed by atoms with E-state index in [1.165, 1.54) is 12.8 Å². The number of hydrogen-bond acceptors (Lipinski definition) is 0. The fraction of sp³-hybridized carbons (Fsp3) is 0.750. The van der Waals surface area contributed by atoms with Crippen molar-refractivity contribution in [3.63, 3.8) is 0 Å². The van der Waals surface area contributed by atoms with E-state index in [0.29, 0.717) is 6.54 Å². The summed E-state index contributed by atoms with van der Waals surface area (Å²) in [6.07, 6.45) is 10.5.